The van der Waals surface area contributed by atoms with E-state index in [1.165, 1.54) is 27.0 Å². The number of carbonyl (C=O) groups is 2. The number of benzene rings is 1. The second kappa shape index (κ2) is 5.16. The van der Waals surface area contributed by atoms with E-state index in [1.54, 1.807) is 18.2 Å². The van der Waals surface area contributed by atoms with Crippen LogP contribution in [0.3, 0.4) is 0 Å². The maximum atomic E-state index is 11.9. The predicted molar refractivity (Wildman–Crippen MR) is 72.9 cm³/mol. The number of methoxy groups -OCH3 is 1. The number of anilines is 1. The van der Waals surface area contributed by atoms with Gasteiger partial charge in [-0.05, 0) is 24.3 Å². The fourth-order valence-corrected chi connectivity index (χ4v) is 1.93. The molecule has 2 rings (SSSR count). The molecule has 1 heterocycles. The Kier molecular flexibility index (Phi) is 3.56. The second-order valence-electron chi connectivity index (χ2n) is 4.20. The van der Waals surface area contributed by atoms with Gasteiger partial charge >= 0.3 is 5.63 Å². The Morgan fingerprint density at radius 1 is 1.15 bits per heavy atom. The Bertz CT molecular complexity index is 733. The number of amides is 2. The number of ether oxygens (including phenoxy) is 1. The first kappa shape index (κ1) is 13.8. The lowest BCUT2D eigenvalue weighted by atomic mass is 10.2. The van der Waals surface area contributed by atoms with Crippen LogP contribution in [0, 0.1) is 0 Å². The molecule has 104 valence electrons. The summed E-state index contributed by atoms with van der Waals surface area (Å²) in [5.74, 6) is -0.520. The summed E-state index contributed by atoms with van der Waals surface area (Å²) in [5.41, 5.74) is -0.495. The molecule has 0 unspecified atom stereocenters. The molecule has 2 aromatic rings. The molecule has 0 spiro atoms. The molecular weight excluding hydrogens is 262 g/mol. The Morgan fingerprint density at radius 3 is 2.35 bits per heavy atom. The van der Waals surface area contributed by atoms with E-state index in [-0.39, 0.29) is 5.69 Å². The minimum atomic E-state index is -0.743. The topological polar surface area (TPSA) is 76.8 Å². The first-order valence-electron chi connectivity index (χ1n) is 5.87. The van der Waals surface area contributed by atoms with Crippen LogP contribution in [-0.4, -0.2) is 18.9 Å². The van der Waals surface area contributed by atoms with Crippen molar-refractivity contribution in [2.24, 2.45) is 0 Å². The molecule has 1 aromatic carbocycles. The Morgan fingerprint density at radius 2 is 1.80 bits per heavy atom. The standard InChI is InChI=1S/C14H13NO5/c1-8(16)15(9(2)17)12-7-10-6-11(19-3)4-5-13(10)20-14(12)18/h4-7H,1-3H3. The summed E-state index contributed by atoms with van der Waals surface area (Å²) in [6, 6.07) is 6.33. The Labute approximate surface area is 114 Å². The van der Waals surface area contributed by atoms with E-state index >= 15 is 0 Å². The van der Waals surface area contributed by atoms with E-state index < -0.39 is 17.4 Å². The molecule has 20 heavy (non-hydrogen) atoms. The molecule has 0 fully saturated rings. The summed E-state index contributed by atoms with van der Waals surface area (Å²) in [6.45, 7) is 2.41. The molecule has 0 aliphatic rings. The number of hydrogen-bond acceptors (Lipinski definition) is 5. The molecule has 1 aromatic heterocycles. The highest BCUT2D eigenvalue weighted by Crippen LogP contribution is 2.23. The average Bonchev–Trinajstić information content (AvgIpc) is 2.38. The minimum Gasteiger partial charge on any atom is -0.497 e. The van der Waals surface area contributed by atoms with Crippen molar-refractivity contribution in [3.63, 3.8) is 0 Å². The highest BCUT2D eigenvalue weighted by molar-refractivity contribution is 6.13. The molecule has 0 aliphatic heterocycles. The van der Waals surface area contributed by atoms with Gasteiger partial charge in [-0.3, -0.25) is 9.59 Å². The third kappa shape index (κ3) is 2.40. The number of hydrogen-bond donors (Lipinski definition) is 0. The zero-order valence-corrected chi connectivity index (χ0v) is 11.3. The van der Waals surface area contributed by atoms with Gasteiger partial charge in [0, 0.05) is 19.2 Å². The van der Waals surface area contributed by atoms with Crippen LogP contribution in [0.1, 0.15) is 13.8 Å². The Hall–Kier alpha value is -2.63. The van der Waals surface area contributed by atoms with Crippen LogP contribution in [0.2, 0.25) is 0 Å². The summed E-state index contributed by atoms with van der Waals surface area (Å²) in [7, 11) is 1.51. The summed E-state index contributed by atoms with van der Waals surface area (Å²) in [4.78, 5) is 35.7. The van der Waals surface area contributed by atoms with Crippen molar-refractivity contribution >= 4 is 28.5 Å². The van der Waals surface area contributed by atoms with Crippen molar-refractivity contribution < 1.29 is 18.7 Å². The third-order valence-corrected chi connectivity index (χ3v) is 2.79. The van der Waals surface area contributed by atoms with Crippen LogP contribution in [0.5, 0.6) is 5.75 Å². The van der Waals surface area contributed by atoms with Gasteiger partial charge in [-0.1, -0.05) is 0 Å². The monoisotopic (exact) mass is 275 g/mol. The third-order valence-electron chi connectivity index (χ3n) is 2.79. The van der Waals surface area contributed by atoms with E-state index in [1.807, 2.05) is 0 Å². The van der Waals surface area contributed by atoms with Gasteiger partial charge < -0.3 is 9.15 Å². The normalized spacial score (nSPS) is 10.3. The average molecular weight is 275 g/mol. The smallest absolute Gasteiger partial charge is 0.360 e. The van der Waals surface area contributed by atoms with Gasteiger partial charge in [-0.2, -0.15) is 0 Å². The number of nitrogens with zero attached hydrogens (tertiary/aromatic N) is 1. The number of carbonyl (C=O) groups excluding carboxylic acids is 2. The zero-order chi connectivity index (χ0) is 14.9. The van der Waals surface area contributed by atoms with Crippen molar-refractivity contribution in [2.75, 3.05) is 12.0 Å². The molecule has 0 saturated carbocycles. The lowest BCUT2D eigenvalue weighted by Crippen LogP contribution is -2.36. The molecule has 0 aliphatic carbocycles. The van der Waals surface area contributed by atoms with Crippen LogP contribution in [-0.2, 0) is 9.59 Å². The number of rotatable bonds is 2. The minimum absolute atomic E-state index is 0.106. The molecule has 0 radical (unpaired) electrons. The van der Waals surface area contributed by atoms with E-state index in [0.717, 1.165) is 4.90 Å². The van der Waals surface area contributed by atoms with E-state index in [4.69, 9.17) is 9.15 Å². The molecule has 6 heteroatoms. The molecule has 6 nitrogen and oxygen atoms in total. The summed E-state index contributed by atoms with van der Waals surface area (Å²) in [6.07, 6.45) is 0. The van der Waals surface area contributed by atoms with E-state index in [0.29, 0.717) is 16.7 Å². The fourth-order valence-electron chi connectivity index (χ4n) is 1.93. The first-order valence-corrected chi connectivity index (χ1v) is 5.87. The molecular formula is C14H13NO5. The Balaban J connectivity index is 2.70. The number of imide groups is 1. The van der Waals surface area contributed by atoms with Gasteiger partial charge in [0.1, 0.15) is 17.0 Å². The zero-order valence-electron chi connectivity index (χ0n) is 11.3. The number of fused-ring (bicyclic) bond motifs is 1. The lowest BCUT2D eigenvalue weighted by molar-refractivity contribution is -0.124. The summed E-state index contributed by atoms with van der Waals surface area (Å²) >= 11 is 0. The molecule has 2 amide bonds. The fraction of sp³-hybridized carbons (Fsp3) is 0.214. The highest BCUT2D eigenvalue weighted by Gasteiger charge is 2.21. The molecule has 0 N–H and O–H groups in total. The van der Waals surface area contributed by atoms with Gasteiger partial charge in [-0.25, -0.2) is 9.69 Å². The van der Waals surface area contributed by atoms with Crippen LogP contribution < -0.4 is 15.3 Å². The quantitative estimate of drug-likeness (QED) is 0.780. The van der Waals surface area contributed by atoms with Crippen molar-refractivity contribution in [2.45, 2.75) is 13.8 Å². The van der Waals surface area contributed by atoms with Gasteiger partial charge in [-0.15, -0.1) is 0 Å². The maximum Gasteiger partial charge on any atom is 0.360 e. The lowest BCUT2D eigenvalue weighted by Gasteiger charge is -2.15. The van der Waals surface area contributed by atoms with Gasteiger partial charge in [0.15, 0.2) is 0 Å². The van der Waals surface area contributed by atoms with Gasteiger partial charge in [0.25, 0.3) is 0 Å². The summed E-state index contributed by atoms with van der Waals surface area (Å²) in [5, 5.41) is 0.562. The van der Waals surface area contributed by atoms with Crippen LogP contribution >= 0.6 is 0 Å². The summed E-state index contributed by atoms with van der Waals surface area (Å²) < 4.78 is 10.2. The van der Waals surface area contributed by atoms with Gasteiger partial charge in [0.2, 0.25) is 11.8 Å². The largest absolute Gasteiger partial charge is 0.497 e. The van der Waals surface area contributed by atoms with Crippen molar-refractivity contribution in [1.82, 2.24) is 0 Å². The van der Waals surface area contributed by atoms with Crippen LogP contribution in [0.25, 0.3) is 11.0 Å². The molecule has 0 saturated heterocycles. The SMILES string of the molecule is COc1ccc2oc(=O)c(N(C(C)=O)C(C)=O)cc2c1. The molecule has 0 atom stereocenters. The van der Waals surface area contributed by atoms with Gasteiger partial charge in [0.05, 0.1) is 7.11 Å². The highest BCUT2D eigenvalue weighted by atomic mass is 16.5. The second-order valence-corrected chi connectivity index (χ2v) is 4.20. The van der Waals surface area contributed by atoms with E-state index in [2.05, 4.69) is 0 Å². The van der Waals surface area contributed by atoms with Crippen LogP contribution in [0.15, 0.2) is 33.5 Å². The molecule has 0 bridgehead atoms. The first-order chi connectivity index (χ1) is 9.43. The van der Waals surface area contributed by atoms with Crippen molar-refractivity contribution in [3.05, 3.63) is 34.7 Å². The van der Waals surface area contributed by atoms with Crippen molar-refractivity contribution in [3.8, 4) is 5.75 Å². The van der Waals surface area contributed by atoms with Crippen LogP contribution in [0.4, 0.5) is 5.69 Å². The predicted octanol–water partition coefficient (Wildman–Crippen LogP) is 1.70. The van der Waals surface area contributed by atoms with E-state index in [9.17, 15) is 14.4 Å². The maximum absolute atomic E-state index is 11.9. The van der Waals surface area contributed by atoms with Crippen molar-refractivity contribution in [1.29, 1.82) is 0 Å².